The van der Waals surface area contributed by atoms with Crippen LogP contribution in [0.4, 0.5) is 4.39 Å². The smallest absolute Gasteiger partial charge is 0.123 e. The van der Waals surface area contributed by atoms with Gasteiger partial charge < -0.3 is 5.32 Å². The predicted octanol–water partition coefficient (Wildman–Crippen LogP) is 5.15. The lowest BCUT2D eigenvalue weighted by Gasteiger charge is -2.25. The molecule has 1 atom stereocenters. The van der Waals surface area contributed by atoms with Crippen LogP contribution in [0.15, 0.2) is 18.2 Å². The molecule has 0 heterocycles. The Morgan fingerprint density at radius 1 is 1.20 bits per heavy atom. The van der Waals surface area contributed by atoms with Crippen molar-refractivity contribution in [2.24, 2.45) is 5.92 Å². The van der Waals surface area contributed by atoms with E-state index in [1.54, 1.807) is 12.1 Å². The highest BCUT2D eigenvalue weighted by atomic mass is 19.1. The molecular weight excluding hydrogens is 249 g/mol. The number of nitrogens with one attached hydrogen (secondary N) is 1. The second kappa shape index (κ2) is 7.78. The minimum atomic E-state index is -0.111. The summed E-state index contributed by atoms with van der Waals surface area (Å²) in [5, 5.41) is 3.53. The molecule has 0 aliphatic heterocycles. The minimum Gasteiger partial charge on any atom is -0.310 e. The largest absolute Gasteiger partial charge is 0.310 e. The molecule has 2 heteroatoms. The molecule has 1 aromatic carbocycles. The Hall–Kier alpha value is -0.890. The van der Waals surface area contributed by atoms with Gasteiger partial charge in [0.15, 0.2) is 0 Å². The molecule has 20 heavy (non-hydrogen) atoms. The highest BCUT2D eigenvalue weighted by Gasteiger charge is 2.17. The third-order valence-corrected chi connectivity index (χ3v) is 4.51. The van der Waals surface area contributed by atoms with Crippen LogP contribution >= 0.6 is 0 Å². The molecule has 1 fully saturated rings. The van der Waals surface area contributed by atoms with Crippen molar-refractivity contribution in [3.63, 3.8) is 0 Å². The van der Waals surface area contributed by atoms with Crippen LogP contribution in [0.1, 0.15) is 69.0 Å². The second-order valence-electron chi connectivity index (χ2n) is 6.25. The molecule has 0 amide bonds. The van der Waals surface area contributed by atoms with Crippen molar-refractivity contribution in [1.29, 1.82) is 0 Å². The van der Waals surface area contributed by atoms with Crippen molar-refractivity contribution in [2.75, 3.05) is 6.54 Å². The van der Waals surface area contributed by atoms with Crippen molar-refractivity contribution in [2.45, 2.75) is 64.8 Å². The van der Waals surface area contributed by atoms with Gasteiger partial charge in [0.05, 0.1) is 0 Å². The van der Waals surface area contributed by atoms with Crippen molar-refractivity contribution in [3.05, 3.63) is 35.1 Å². The summed E-state index contributed by atoms with van der Waals surface area (Å²) in [5.41, 5.74) is 2.13. The van der Waals surface area contributed by atoms with E-state index in [1.165, 1.54) is 38.5 Å². The average molecular weight is 277 g/mol. The Kier molecular flexibility index (Phi) is 6.03. The van der Waals surface area contributed by atoms with Crippen LogP contribution in [-0.2, 0) is 0 Å². The van der Waals surface area contributed by atoms with Gasteiger partial charge >= 0.3 is 0 Å². The number of hydrogen-bond acceptors (Lipinski definition) is 1. The van der Waals surface area contributed by atoms with Crippen molar-refractivity contribution in [1.82, 2.24) is 5.32 Å². The quantitative estimate of drug-likeness (QED) is 0.758. The van der Waals surface area contributed by atoms with Gasteiger partial charge in [-0.1, -0.05) is 45.1 Å². The topological polar surface area (TPSA) is 12.0 Å². The van der Waals surface area contributed by atoms with Crippen molar-refractivity contribution >= 4 is 0 Å². The number of aryl methyl sites for hydroxylation is 1. The van der Waals surface area contributed by atoms with Gasteiger partial charge in [-0.15, -0.1) is 0 Å². The van der Waals surface area contributed by atoms with Gasteiger partial charge in [0.1, 0.15) is 5.82 Å². The molecule has 1 aliphatic rings. The molecule has 2 rings (SSSR count). The summed E-state index contributed by atoms with van der Waals surface area (Å²) < 4.78 is 13.6. The average Bonchev–Trinajstić information content (AvgIpc) is 2.43. The maximum absolute atomic E-state index is 13.6. The van der Waals surface area contributed by atoms with E-state index < -0.39 is 0 Å². The van der Waals surface area contributed by atoms with Gasteiger partial charge in [0.2, 0.25) is 0 Å². The van der Waals surface area contributed by atoms with Crippen LogP contribution in [0.2, 0.25) is 0 Å². The first-order valence-electron chi connectivity index (χ1n) is 8.19. The molecule has 112 valence electrons. The third kappa shape index (κ3) is 4.59. The minimum absolute atomic E-state index is 0.111. The Balaban J connectivity index is 1.98. The van der Waals surface area contributed by atoms with Gasteiger partial charge in [-0.2, -0.15) is 0 Å². The monoisotopic (exact) mass is 277 g/mol. The van der Waals surface area contributed by atoms with E-state index in [2.05, 4.69) is 18.3 Å². The molecule has 1 nitrogen and oxygen atoms in total. The number of benzene rings is 1. The summed E-state index contributed by atoms with van der Waals surface area (Å²) in [7, 11) is 0. The van der Waals surface area contributed by atoms with Gasteiger partial charge in [-0.05, 0) is 55.5 Å². The molecule has 1 N–H and O–H groups in total. The van der Waals surface area contributed by atoms with Gasteiger partial charge in [0, 0.05) is 6.04 Å². The molecule has 1 unspecified atom stereocenters. The maximum Gasteiger partial charge on any atom is 0.123 e. The fraction of sp³-hybridized carbons (Fsp3) is 0.667. The Labute approximate surface area is 123 Å². The Morgan fingerprint density at radius 2 is 1.95 bits per heavy atom. The summed E-state index contributed by atoms with van der Waals surface area (Å²) in [6.07, 6.45) is 9.39. The van der Waals surface area contributed by atoms with E-state index >= 15 is 0 Å². The summed E-state index contributed by atoms with van der Waals surface area (Å²) in [5.74, 6) is 0.778. The van der Waals surface area contributed by atoms with Gasteiger partial charge in [-0.3, -0.25) is 0 Å². The normalized spacial score (nSPS) is 18.1. The number of rotatable bonds is 6. The number of hydrogen-bond donors (Lipinski definition) is 1. The number of halogens is 1. The zero-order chi connectivity index (χ0) is 14.4. The fourth-order valence-corrected chi connectivity index (χ4v) is 3.48. The highest BCUT2D eigenvalue weighted by molar-refractivity contribution is 5.26. The Morgan fingerprint density at radius 3 is 2.60 bits per heavy atom. The van der Waals surface area contributed by atoms with Crippen LogP contribution in [-0.4, -0.2) is 6.54 Å². The summed E-state index contributed by atoms with van der Waals surface area (Å²) in [6, 6.07) is 5.72. The molecule has 0 aromatic heterocycles. The summed E-state index contributed by atoms with van der Waals surface area (Å²) >= 11 is 0. The summed E-state index contributed by atoms with van der Waals surface area (Å²) in [4.78, 5) is 0. The van der Waals surface area contributed by atoms with E-state index in [1.807, 2.05) is 6.92 Å². The molecule has 1 aliphatic carbocycles. The van der Waals surface area contributed by atoms with E-state index in [0.29, 0.717) is 6.04 Å². The highest BCUT2D eigenvalue weighted by Crippen LogP contribution is 2.30. The van der Waals surface area contributed by atoms with Crippen LogP contribution in [0.3, 0.4) is 0 Å². The lowest BCUT2D eigenvalue weighted by molar-refractivity contribution is 0.315. The molecule has 1 saturated carbocycles. The van der Waals surface area contributed by atoms with Crippen molar-refractivity contribution in [3.8, 4) is 0 Å². The van der Waals surface area contributed by atoms with Crippen molar-refractivity contribution < 1.29 is 4.39 Å². The predicted molar refractivity (Wildman–Crippen MR) is 83.4 cm³/mol. The first kappa shape index (κ1) is 15.5. The standard InChI is InChI=1S/C18H28FN/c1-3-20-18(10-9-15-7-5-4-6-8-15)16-11-14(2)12-17(19)13-16/h11-13,15,18,20H,3-10H2,1-2H3. The van der Waals surface area contributed by atoms with Crippen LogP contribution in [0, 0.1) is 18.7 Å². The first-order valence-corrected chi connectivity index (χ1v) is 8.19. The SMILES string of the molecule is CCNC(CCC1CCCCC1)c1cc(C)cc(F)c1. The second-order valence-corrected chi connectivity index (χ2v) is 6.25. The molecule has 0 saturated heterocycles. The molecule has 0 spiro atoms. The van der Waals surface area contributed by atoms with Gasteiger partial charge in [-0.25, -0.2) is 4.39 Å². The van der Waals surface area contributed by atoms with E-state index in [0.717, 1.165) is 30.0 Å². The molecule has 0 bridgehead atoms. The molecule has 1 aromatic rings. The maximum atomic E-state index is 13.6. The van der Waals surface area contributed by atoms with E-state index in [4.69, 9.17) is 0 Å². The molecular formula is C18H28FN. The Bertz CT molecular complexity index is 390. The summed E-state index contributed by atoms with van der Waals surface area (Å²) in [6.45, 7) is 5.03. The van der Waals surface area contributed by atoms with Crippen LogP contribution in [0.25, 0.3) is 0 Å². The lowest BCUT2D eigenvalue weighted by atomic mass is 9.84. The first-order chi connectivity index (χ1) is 9.69. The van der Waals surface area contributed by atoms with Crippen LogP contribution < -0.4 is 5.32 Å². The zero-order valence-corrected chi connectivity index (χ0v) is 12.9. The fourth-order valence-electron chi connectivity index (χ4n) is 3.48. The third-order valence-electron chi connectivity index (χ3n) is 4.51. The van der Waals surface area contributed by atoms with Crippen LogP contribution in [0.5, 0.6) is 0 Å². The molecule has 0 radical (unpaired) electrons. The van der Waals surface area contributed by atoms with E-state index in [9.17, 15) is 4.39 Å². The lowest BCUT2D eigenvalue weighted by Crippen LogP contribution is -2.22. The zero-order valence-electron chi connectivity index (χ0n) is 12.9. The van der Waals surface area contributed by atoms with E-state index in [-0.39, 0.29) is 5.82 Å². The van der Waals surface area contributed by atoms with Gasteiger partial charge in [0.25, 0.3) is 0 Å².